The normalized spacial score (nSPS) is 23.8. The van der Waals surface area contributed by atoms with E-state index >= 15 is 0 Å². The maximum Gasteiger partial charge on any atom is 0.126 e. The molecule has 1 atom stereocenters. The number of nitrogens with zero attached hydrogens (tertiary/aromatic N) is 2. The third-order valence-corrected chi connectivity index (χ3v) is 7.34. The number of aromatic amines is 1. The molecule has 0 saturated carbocycles. The number of likely N-dealkylation sites (tertiary alicyclic amines) is 1. The van der Waals surface area contributed by atoms with Crippen LogP contribution in [-0.2, 0) is 4.74 Å². The number of anilines is 1. The minimum Gasteiger partial charge on any atom is -0.381 e. The van der Waals surface area contributed by atoms with E-state index in [1.165, 1.54) is 25.9 Å². The predicted octanol–water partition coefficient (Wildman–Crippen LogP) is 4.25. The van der Waals surface area contributed by atoms with Crippen LogP contribution in [0, 0.1) is 5.82 Å². The molecule has 0 radical (unpaired) electrons. The van der Waals surface area contributed by atoms with Crippen molar-refractivity contribution in [3.63, 3.8) is 0 Å². The first-order valence-electron chi connectivity index (χ1n) is 10.8. The number of thioether (sulfide) groups is 1. The molecule has 5 nitrogen and oxygen atoms in total. The van der Waals surface area contributed by atoms with Crippen molar-refractivity contribution >= 4 is 33.4 Å². The Morgan fingerprint density at radius 2 is 2.03 bits per heavy atom. The Morgan fingerprint density at radius 3 is 2.86 bits per heavy atom. The fourth-order valence-corrected chi connectivity index (χ4v) is 5.63. The van der Waals surface area contributed by atoms with Gasteiger partial charge in [0.15, 0.2) is 0 Å². The van der Waals surface area contributed by atoms with Gasteiger partial charge in [-0.15, -0.1) is 11.8 Å². The van der Waals surface area contributed by atoms with Gasteiger partial charge in [0.25, 0.3) is 0 Å². The number of ether oxygens (including phenoxy) is 1. The van der Waals surface area contributed by atoms with Gasteiger partial charge in [-0.05, 0) is 63.4 Å². The molecule has 3 aliphatic heterocycles. The molecule has 0 bridgehead atoms. The second-order valence-electron chi connectivity index (χ2n) is 8.37. The Morgan fingerprint density at radius 1 is 1.21 bits per heavy atom. The molecular formula is C22H29FN4OS. The summed E-state index contributed by atoms with van der Waals surface area (Å²) >= 11 is 1.82. The Balaban J connectivity index is 1.32. The van der Waals surface area contributed by atoms with E-state index in [2.05, 4.69) is 15.2 Å². The van der Waals surface area contributed by atoms with Crippen LogP contribution in [0.4, 0.5) is 10.1 Å². The number of benzene rings is 1. The molecule has 156 valence electrons. The lowest BCUT2D eigenvalue weighted by Crippen LogP contribution is -2.27. The molecule has 0 amide bonds. The number of hydrogen-bond donors (Lipinski definition) is 2. The summed E-state index contributed by atoms with van der Waals surface area (Å²) in [4.78, 5) is 11.0. The van der Waals surface area contributed by atoms with Gasteiger partial charge in [0, 0.05) is 36.9 Å². The molecule has 2 aromatic rings. The first-order chi connectivity index (χ1) is 14.2. The molecule has 1 aromatic carbocycles. The summed E-state index contributed by atoms with van der Waals surface area (Å²) in [6.45, 7) is 5.16. The van der Waals surface area contributed by atoms with Crippen molar-refractivity contribution in [3.05, 3.63) is 29.7 Å². The highest BCUT2D eigenvalue weighted by Gasteiger charge is 2.23. The number of rotatable bonds is 6. The molecule has 0 spiro atoms. The maximum atomic E-state index is 14.2. The number of fused-ring (bicyclic) bond motifs is 1. The molecule has 2 N–H and O–H groups in total. The molecule has 5 rings (SSSR count). The van der Waals surface area contributed by atoms with Gasteiger partial charge in [-0.2, -0.15) is 0 Å². The highest BCUT2D eigenvalue weighted by atomic mass is 32.2. The average Bonchev–Trinajstić information content (AvgIpc) is 3.47. The molecular weight excluding hydrogens is 387 g/mol. The number of H-pyrrole nitrogens is 1. The van der Waals surface area contributed by atoms with Gasteiger partial charge in [-0.25, -0.2) is 4.39 Å². The first-order valence-corrected chi connectivity index (χ1v) is 11.8. The smallest absolute Gasteiger partial charge is 0.126 e. The zero-order valence-electron chi connectivity index (χ0n) is 16.8. The van der Waals surface area contributed by atoms with Crippen LogP contribution in [0.25, 0.3) is 10.9 Å². The van der Waals surface area contributed by atoms with Crippen LogP contribution < -0.4 is 5.32 Å². The SMILES string of the molecule is Fc1cc(NC2CCOCC2)c2[nH]c(C3=NC(CCN4CCCC4)CS3)cc2c1. The second kappa shape index (κ2) is 8.66. The Hall–Kier alpha value is -1.57. The quantitative estimate of drug-likeness (QED) is 0.739. The van der Waals surface area contributed by atoms with Gasteiger partial charge in [0.2, 0.25) is 0 Å². The van der Waals surface area contributed by atoms with Crippen LogP contribution >= 0.6 is 11.8 Å². The Kier molecular flexibility index (Phi) is 5.79. The number of nitrogens with one attached hydrogen (secondary N) is 2. The van der Waals surface area contributed by atoms with Crippen molar-refractivity contribution in [3.8, 4) is 0 Å². The van der Waals surface area contributed by atoms with E-state index in [4.69, 9.17) is 9.73 Å². The monoisotopic (exact) mass is 416 g/mol. The van der Waals surface area contributed by atoms with Crippen LogP contribution in [-0.4, -0.2) is 65.6 Å². The molecule has 29 heavy (non-hydrogen) atoms. The van der Waals surface area contributed by atoms with Gasteiger partial charge in [-0.1, -0.05) is 0 Å². The Bertz CT molecular complexity index is 886. The van der Waals surface area contributed by atoms with Crippen LogP contribution in [0.3, 0.4) is 0 Å². The summed E-state index contributed by atoms with van der Waals surface area (Å²) in [6.07, 6.45) is 5.70. The zero-order valence-corrected chi connectivity index (χ0v) is 17.6. The summed E-state index contributed by atoms with van der Waals surface area (Å²) < 4.78 is 19.7. The van der Waals surface area contributed by atoms with Crippen molar-refractivity contribution in [2.24, 2.45) is 4.99 Å². The van der Waals surface area contributed by atoms with Crippen LogP contribution in [0.5, 0.6) is 0 Å². The van der Waals surface area contributed by atoms with E-state index in [0.29, 0.717) is 12.1 Å². The summed E-state index contributed by atoms with van der Waals surface area (Å²) in [7, 11) is 0. The van der Waals surface area contributed by atoms with Crippen LogP contribution in [0.2, 0.25) is 0 Å². The molecule has 7 heteroatoms. The van der Waals surface area contributed by atoms with E-state index in [1.807, 2.05) is 17.8 Å². The van der Waals surface area contributed by atoms with Crippen molar-refractivity contribution in [2.45, 2.75) is 44.2 Å². The molecule has 1 aromatic heterocycles. The van der Waals surface area contributed by atoms with Crippen molar-refractivity contribution in [1.29, 1.82) is 0 Å². The highest BCUT2D eigenvalue weighted by Crippen LogP contribution is 2.31. The largest absolute Gasteiger partial charge is 0.381 e. The fourth-order valence-electron chi connectivity index (χ4n) is 4.55. The van der Waals surface area contributed by atoms with Gasteiger partial charge in [0.05, 0.1) is 22.9 Å². The lowest BCUT2D eigenvalue weighted by Gasteiger charge is -2.24. The third-order valence-electron chi connectivity index (χ3n) is 6.19. The molecule has 0 aliphatic carbocycles. The molecule has 2 saturated heterocycles. The molecule has 2 fully saturated rings. The summed E-state index contributed by atoms with van der Waals surface area (Å²) in [5.74, 6) is 0.835. The van der Waals surface area contributed by atoms with Crippen molar-refractivity contribution in [1.82, 2.24) is 9.88 Å². The van der Waals surface area contributed by atoms with E-state index in [9.17, 15) is 4.39 Å². The van der Waals surface area contributed by atoms with E-state index in [-0.39, 0.29) is 5.82 Å². The molecule has 4 heterocycles. The molecule has 1 unspecified atom stereocenters. The number of hydrogen-bond acceptors (Lipinski definition) is 5. The number of halogens is 1. The number of aromatic nitrogens is 1. The van der Waals surface area contributed by atoms with E-state index in [1.54, 1.807) is 12.1 Å². The van der Waals surface area contributed by atoms with Gasteiger partial charge >= 0.3 is 0 Å². The lowest BCUT2D eigenvalue weighted by atomic mass is 10.1. The minimum atomic E-state index is -0.206. The molecule has 3 aliphatic rings. The average molecular weight is 417 g/mol. The standard InChI is InChI=1S/C22H29FN4OS/c23-16-11-15-12-20(22-25-18(14-29-22)3-8-27-6-1-2-7-27)26-21(15)19(13-16)24-17-4-9-28-10-5-17/h11-13,17-18,24,26H,1-10,14H2. The Labute approximate surface area is 175 Å². The predicted molar refractivity (Wildman–Crippen MR) is 119 cm³/mol. The van der Waals surface area contributed by atoms with Gasteiger partial charge < -0.3 is 19.9 Å². The van der Waals surface area contributed by atoms with Crippen molar-refractivity contribution < 1.29 is 9.13 Å². The fraction of sp³-hybridized carbons (Fsp3) is 0.591. The summed E-state index contributed by atoms with van der Waals surface area (Å²) in [5.41, 5.74) is 2.82. The van der Waals surface area contributed by atoms with Crippen LogP contribution in [0.15, 0.2) is 23.2 Å². The highest BCUT2D eigenvalue weighted by molar-refractivity contribution is 8.14. The van der Waals surface area contributed by atoms with Crippen LogP contribution in [0.1, 0.15) is 37.8 Å². The van der Waals surface area contributed by atoms with E-state index < -0.39 is 0 Å². The topological polar surface area (TPSA) is 52.6 Å². The van der Waals surface area contributed by atoms with Gasteiger partial charge in [0.1, 0.15) is 10.9 Å². The van der Waals surface area contributed by atoms with Crippen molar-refractivity contribution in [2.75, 3.05) is 43.9 Å². The maximum absolute atomic E-state index is 14.2. The third kappa shape index (κ3) is 4.47. The lowest BCUT2D eigenvalue weighted by molar-refractivity contribution is 0.0905. The summed E-state index contributed by atoms with van der Waals surface area (Å²) in [6, 6.07) is 5.96. The number of aliphatic imine (C=N–C) groups is 1. The zero-order chi connectivity index (χ0) is 19.6. The summed E-state index contributed by atoms with van der Waals surface area (Å²) in [5, 5.41) is 5.49. The van der Waals surface area contributed by atoms with Gasteiger partial charge in [-0.3, -0.25) is 4.99 Å². The second-order valence-corrected chi connectivity index (χ2v) is 9.38. The first kappa shape index (κ1) is 19.4. The minimum absolute atomic E-state index is 0.206. The van der Waals surface area contributed by atoms with E-state index in [0.717, 1.165) is 72.1 Å².